The Morgan fingerprint density at radius 3 is 2.77 bits per heavy atom. The number of alkyl halides is 3. The predicted octanol–water partition coefficient (Wildman–Crippen LogP) is 6.16. The normalized spacial score (nSPS) is 18.9. The van der Waals surface area contributed by atoms with Gasteiger partial charge in [0.25, 0.3) is 0 Å². The Kier molecular flexibility index (Phi) is 10.2. The molecule has 1 fully saturated rings. The summed E-state index contributed by atoms with van der Waals surface area (Å²) in [5.74, 6) is -0.292. The number of thioether (sulfide) groups is 1. The molecule has 0 radical (unpaired) electrons. The molecule has 7 nitrogen and oxygen atoms in total. The van der Waals surface area contributed by atoms with Crippen molar-refractivity contribution in [1.29, 1.82) is 0 Å². The number of methoxy groups -OCH3 is 1. The van der Waals surface area contributed by atoms with E-state index >= 15 is 0 Å². The Bertz CT molecular complexity index is 1290. The molecule has 1 aliphatic rings. The Labute approximate surface area is 235 Å². The van der Waals surface area contributed by atoms with E-state index in [1.807, 2.05) is 18.2 Å². The fourth-order valence-corrected chi connectivity index (χ4v) is 6.11. The number of carboxylic acid groups (broad SMARTS) is 1. The zero-order valence-corrected chi connectivity index (χ0v) is 23.0. The number of hydrogen-bond donors (Lipinski definition) is 2. The fraction of sp³-hybridized carbons (Fsp3) is 0.448. The summed E-state index contributed by atoms with van der Waals surface area (Å²) in [5, 5.41) is 21.8. The molecule has 2 aromatic carbocycles. The van der Waals surface area contributed by atoms with E-state index < -0.39 is 24.4 Å². The van der Waals surface area contributed by atoms with Crippen molar-refractivity contribution in [2.24, 2.45) is 11.8 Å². The Balaban J connectivity index is 1.26. The minimum atomic E-state index is -4.73. The van der Waals surface area contributed by atoms with Crippen LogP contribution in [0.5, 0.6) is 11.5 Å². The van der Waals surface area contributed by atoms with Crippen LogP contribution in [0, 0.1) is 11.8 Å². The highest BCUT2D eigenvalue weighted by Gasteiger charge is 2.34. The van der Waals surface area contributed by atoms with Crippen LogP contribution in [0.4, 0.5) is 13.2 Å². The van der Waals surface area contributed by atoms with E-state index in [9.17, 15) is 28.2 Å². The first-order chi connectivity index (χ1) is 19.1. The zero-order valence-electron chi connectivity index (χ0n) is 22.1. The number of carbonyl (C=O) groups is 1. The fourth-order valence-electron chi connectivity index (χ4n) is 5.23. The van der Waals surface area contributed by atoms with Gasteiger partial charge in [-0.15, -0.1) is 24.9 Å². The number of aliphatic hydroxyl groups is 1. The van der Waals surface area contributed by atoms with E-state index in [0.717, 1.165) is 35.9 Å². The molecule has 2 heterocycles. The predicted molar refractivity (Wildman–Crippen MR) is 147 cm³/mol. The van der Waals surface area contributed by atoms with E-state index in [1.165, 1.54) is 30.0 Å². The van der Waals surface area contributed by atoms with Crippen molar-refractivity contribution < 1.29 is 37.7 Å². The second-order valence-corrected chi connectivity index (χ2v) is 11.1. The van der Waals surface area contributed by atoms with Gasteiger partial charge in [0.1, 0.15) is 11.5 Å². The first-order valence-corrected chi connectivity index (χ1v) is 14.2. The quantitative estimate of drug-likeness (QED) is 0.195. The molecule has 1 saturated heterocycles. The molecule has 0 bridgehead atoms. The van der Waals surface area contributed by atoms with Gasteiger partial charge in [-0.1, -0.05) is 6.07 Å². The molecule has 4 rings (SSSR count). The van der Waals surface area contributed by atoms with E-state index in [0.29, 0.717) is 42.3 Å². The van der Waals surface area contributed by atoms with Crippen molar-refractivity contribution in [2.75, 3.05) is 32.5 Å². The third-order valence-corrected chi connectivity index (χ3v) is 8.32. The first kappa shape index (κ1) is 30.0. The number of carboxylic acids is 1. The van der Waals surface area contributed by atoms with Crippen LogP contribution in [0.2, 0.25) is 0 Å². The summed E-state index contributed by atoms with van der Waals surface area (Å²) < 4.78 is 46.7. The highest BCUT2D eigenvalue weighted by molar-refractivity contribution is 7.99. The minimum absolute atomic E-state index is 0.0446. The molecule has 0 saturated carbocycles. The van der Waals surface area contributed by atoms with Gasteiger partial charge in [-0.3, -0.25) is 9.78 Å². The molecule has 1 aliphatic heterocycles. The molecule has 0 aliphatic carbocycles. The van der Waals surface area contributed by atoms with Crippen LogP contribution in [0.3, 0.4) is 0 Å². The van der Waals surface area contributed by atoms with Crippen LogP contribution in [-0.4, -0.2) is 64.9 Å². The average Bonchev–Trinajstić information content (AvgIpc) is 2.93. The molecular weight excluding hydrogens is 545 g/mol. The number of nitrogens with zero attached hydrogens (tertiary/aromatic N) is 2. The number of pyridine rings is 1. The lowest BCUT2D eigenvalue weighted by atomic mass is 9.81. The maximum atomic E-state index is 12.5. The van der Waals surface area contributed by atoms with Crippen molar-refractivity contribution in [2.45, 2.75) is 43.0 Å². The average molecular weight is 579 g/mol. The molecule has 40 heavy (non-hydrogen) atoms. The molecule has 0 amide bonds. The second-order valence-electron chi connectivity index (χ2n) is 9.90. The lowest BCUT2D eigenvalue weighted by Gasteiger charge is -2.37. The monoisotopic (exact) mass is 578 g/mol. The topological polar surface area (TPSA) is 92.1 Å². The molecule has 2 N–H and O–H groups in total. The summed E-state index contributed by atoms with van der Waals surface area (Å²) in [6, 6.07) is 13.2. The summed E-state index contributed by atoms with van der Waals surface area (Å²) in [4.78, 5) is 19.3. The number of piperidine rings is 1. The maximum absolute atomic E-state index is 12.5. The van der Waals surface area contributed by atoms with Crippen molar-refractivity contribution in [3.8, 4) is 11.5 Å². The van der Waals surface area contributed by atoms with Gasteiger partial charge in [-0.05, 0) is 98.5 Å². The number of aliphatic hydroxyl groups excluding tert-OH is 1. The van der Waals surface area contributed by atoms with Crippen molar-refractivity contribution in [3.05, 3.63) is 60.3 Å². The van der Waals surface area contributed by atoms with Gasteiger partial charge < -0.3 is 24.6 Å². The van der Waals surface area contributed by atoms with Crippen LogP contribution in [0.25, 0.3) is 10.9 Å². The Morgan fingerprint density at radius 2 is 2.02 bits per heavy atom. The van der Waals surface area contributed by atoms with Gasteiger partial charge in [0.05, 0.1) is 24.6 Å². The van der Waals surface area contributed by atoms with Crippen LogP contribution >= 0.6 is 11.8 Å². The summed E-state index contributed by atoms with van der Waals surface area (Å²) >= 11 is 1.44. The molecule has 3 atom stereocenters. The van der Waals surface area contributed by atoms with E-state index in [4.69, 9.17) is 4.74 Å². The van der Waals surface area contributed by atoms with Gasteiger partial charge >= 0.3 is 12.3 Å². The molecule has 1 aromatic heterocycles. The largest absolute Gasteiger partial charge is 0.573 e. The number of likely N-dealkylation sites (tertiary alicyclic amines) is 1. The number of rotatable bonds is 12. The molecule has 216 valence electrons. The number of aromatic nitrogens is 1. The molecule has 1 unspecified atom stereocenters. The van der Waals surface area contributed by atoms with E-state index in [2.05, 4.69) is 14.6 Å². The van der Waals surface area contributed by atoms with Gasteiger partial charge in [0.15, 0.2) is 0 Å². The highest BCUT2D eigenvalue weighted by atomic mass is 32.2. The number of halogens is 3. The summed E-state index contributed by atoms with van der Waals surface area (Å²) in [6.45, 7) is 1.90. The molecule has 0 spiro atoms. The lowest BCUT2D eigenvalue weighted by molar-refractivity contribution is -0.274. The summed E-state index contributed by atoms with van der Waals surface area (Å²) in [7, 11) is 1.58. The summed E-state index contributed by atoms with van der Waals surface area (Å²) in [5.41, 5.74) is 1.51. The molecular formula is C29H33F3N2O5S. The number of aliphatic carboxylic acids is 1. The van der Waals surface area contributed by atoms with E-state index in [-0.39, 0.29) is 11.7 Å². The lowest BCUT2D eigenvalue weighted by Crippen LogP contribution is -2.44. The number of fused-ring (bicyclic) bond motifs is 1. The highest BCUT2D eigenvalue weighted by Crippen LogP contribution is 2.34. The van der Waals surface area contributed by atoms with Crippen molar-refractivity contribution >= 4 is 28.6 Å². The molecule has 3 aromatic rings. The van der Waals surface area contributed by atoms with Gasteiger partial charge in [-0.25, -0.2) is 0 Å². The van der Waals surface area contributed by atoms with Crippen molar-refractivity contribution in [1.82, 2.24) is 9.88 Å². The second kappa shape index (κ2) is 13.6. The van der Waals surface area contributed by atoms with Crippen LogP contribution in [0.15, 0.2) is 59.6 Å². The number of ether oxygens (including phenoxy) is 2. The zero-order chi connectivity index (χ0) is 28.7. The van der Waals surface area contributed by atoms with Crippen LogP contribution in [0.1, 0.15) is 37.4 Å². The van der Waals surface area contributed by atoms with Crippen LogP contribution in [-0.2, 0) is 4.79 Å². The Morgan fingerprint density at radius 1 is 1.20 bits per heavy atom. The van der Waals surface area contributed by atoms with E-state index in [1.54, 1.807) is 25.4 Å². The SMILES string of the molecule is COc1ccc2nccc(C(O)CC[C@@H]3CCN(CCCSc4cccc(OC(F)(F)F)c4)C[C@@H]3C(=O)O)c2c1. The smallest absolute Gasteiger partial charge is 0.497 e. The standard InChI is InChI=1S/C29H33F3N2O5S/c1-38-20-7-8-26-24(17-20)23(10-12-33-26)27(35)9-6-19-11-14-34(18-25(19)28(36)37)13-3-15-40-22-5-2-4-21(16-22)39-29(30,31)32/h2,4-5,7-8,10,12,16-17,19,25,27,35H,3,6,9,11,13-15,18H2,1H3,(H,36,37)/t19-,25+,27?/m1/s1. The minimum Gasteiger partial charge on any atom is -0.497 e. The molecule has 11 heteroatoms. The van der Waals surface area contributed by atoms with Crippen LogP contribution < -0.4 is 9.47 Å². The number of hydrogen-bond acceptors (Lipinski definition) is 7. The summed E-state index contributed by atoms with van der Waals surface area (Å²) in [6.07, 6.45) is -1.29. The van der Waals surface area contributed by atoms with Gasteiger partial charge in [0, 0.05) is 23.0 Å². The first-order valence-electron chi connectivity index (χ1n) is 13.2. The van der Waals surface area contributed by atoms with Crippen molar-refractivity contribution in [3.63, 3.8) is 0 Å². The third-order valence-electron chi connectivity index (χ3n) is 7.24. The maximum Gasteiger partial charge on any atom is 0.573 e. The number of benzene rings is 2. The Hall–Kier alpha value is -3.02. The third kappa shape index (κ3) is 8.25. The van der Waals surface area contributed by atoms with Gasteiger partial charge in [0.2, 0.25) is 0 Å². The van der Waals surface area contributed by atoms with Gasteiger partial charge in [-0.2, -0.15) is 0 Å².